The molecule has 0 aromatic heterocycles. The number of carboxylic acids is 1. The van der Waals surface area contributed by atoms with Crippen molar-refractivity contribution in [3.63, 3.8) is 0 Å². The number of hydrogen-bond acceptors (Lipinski definition) is 3. The molecule has 0 saturated heterocycles. The lowest BCUT2D eigenvalue weighted by Crippen LogP contribution is -2.35. The average Bonchev–Trinajstić information content (AvgIpc) is 2.41. The predicted octanol–water partition coefficient (Wildman–Crippen LogP) is 2.95. The fraction of sp³-hybridized carbons (Fsp3) is 0.467. The van der Waals surface area contributed by atoms with Crippen LogP contribution in [0.3, 0.4) is 0 Å². The Balaban J connectivity index is 2.60. The fourth-order valence-electron chi connectivity index (χ4n) is 1.91. The first-order chi connectivity index (χ1) is 10.6. The molecule has 1 atom stereocenters. The third-order valence-electron chi connectivity index (χ3n) is 2.95. The lowest BCUT2D eigenvalue weighted by atomic mass is 9.96. The Labute approximate surface area is 131 Å². The number of nitrogens with one attached hydrogen (secondary N) is 1. The number of aliphatic carboxylic acids is 1. The van der Waals surface area contributed by atoms with Gasteiger partial charge in [0.05, 0.1) is 0 Å². The first-order valence-corrected chi connectivity index (χ1v) is 6.93. The zero-order valence-electron chi connectivity index (χ0n) is 12.7. The molecule has 1 unspecified atom stereocenters. The van der Waals surface area contributed by atoms with Gasteiger partial charge in [-0.2, -0.15) is 0 Å². The average molecular weight is 333 g/mol. The maximum Gasteiger partial charge on any atom is 0.573 e. The lowest BCUT2D eigenvalue weighted by molar-refractivity contribution is -0.274. The highest BCUT2D eigenvalue weighted by molar-refractivity contribution is 5.96. The van der Waals surface area contributed by atoms with Crippen molar-refractivity contribution >= 4 is 11.9 Å². The Morgan fingerprint density at radius 2 is 1.78 bits per heavy atom. The summed E-state index contributed by atoms with van der Waals surface area (Å²) < 4.78 is 39.8. The van der Waals surface area contributed by atoms with Gasteiger partial charge in [0.1, 0.15) is 11.7 Å². The van der Waals surface area contributed by atoms with Crippen LogP contribution < -0.4 is 10.1 Å². The molecule has 1 amide bonds. The monoisotopic (exact) mass is 333 g/mol. The first kappa shape index (κ1) is 18.8. The minimum atomic E-state index is -4.76. The van der Waals surface area contributed by atoms with Crippen molar-refractivity contribution in [1.82, 2.24) is 5.32 Å². The fourth-order valence-corrected chi connectivity index (χ4v) is 1.91. The van der Waals surface area contributed by atoms with E-state index in [2.05, 4.69) is 10.1 Å². The first-order valence-electron chi connectivity index (χ1n) is 6.93. The van der Waals surface area contributed by atoms with Crippen molar-refractivity contribution in [2.45, 2.75) is 33.2 Å². The van der Waals surface area contributed by atoms with Gasteiger partial charge in [0.25, 0.3) is 0 Å². The maximum absolute atomic E-state index is 12.0. The number of hydrogen-bond donors (Lipinski definition) is 2. The van der Waals surface area contributed by atoms with E-state index < -0.39 is 24.2 Å². The van der Waals surface area contributed by atoms with Crippen molar-refractivity contribution in [2.24, 2.45) is 11.8 Å². The molecule has 0 bridgehead atoms. The molecule has 2 N–H and O–H groups in total. The van der Waals surface area contributed by atoms with E-state index in [9.17, 15) is 22.8 Å². The highest BCUT2D eigenvalue weighted by Crippen LogP contribution is 2.22. The molecule has 0 aliphatic heterocycles. The van der Waals surface area contributed by atoms with Crippen LogP contribution in [0.5, 0.6) is 5.75 Å². The summed E-state index contributed by atoms with van der Waals surface area (Å²) >= 11 is 0. The van der Waals surface area contributed by atoms with Crippen LogP contribution in [-0.4, -0.2) is 23.3 Å². The van der Waals surface area contributed by atoms with E-state index in [1.54, 1.807) is 0 Å². The molecule has 128 valence electrons. The molecule has 0 aliphatic carbocycles. The minimum Gasteiger partial charge on any atom is -0.481 e. The number of rotatable bonds is 7. The number of benzene rings is 1. The Bertz CT molecular complexity index is 541. The van der Waals surface area contributed by atoms with Crippen molar-refractivity contribution in [3.05, 3.63) is 29.8 Å². The standard InChI is InChI=1S/C15H18F3NO4/c1-9(2)7-12(14(21)22)13(20)19-8-10-3-5-11(6-4-10)23-15(16,17)18/h3-6,9,12H,7-8H2,1-2H3,(H,19,20)(H,21,22). The Kier molecular flexibility index (Phi) is 6.41. The van der Waals surface area contributed by atoms with Gasteiger partial charge in [0, 0.05) is 6.54 Å². The van der Waals surface area contributed by atoms with E-state index in [0.717, 1.165) is 12.1 Å². The molecular formula is C15H18F3NO4. The second kappa shape index (κ2) is 7.85. The molecule has 8 heteroatoms. The van der Waals surface area contributed by atoms with Gasteiger partial charge in [0.2, 0.25) is 5.91 Å². The molecule has 0 aliphatic rings. The van der Waals surface area contributed by atoms with E-state index in [-0.39, 0.29) is 24.6 Å². The summed E-state index contributed by atoms with van der Waals surface area (Å²) in [5.41, 5.74) is 0.529. The SMILES string of the molecule is CC(C)CC(C(=O)O)C(=O)NCc1ccc(OC(F)(F)F)cc1. The van der Waals surface area contributed by atoms with Crippen molar-refractivity contribution in [3.8, 4) is 5.75 Å². The number of ether oxygens (including phenoxy) is 1. The molecule has 1 rings (SSSR count). The second-order valence-electron chi connectivity index (χ2n) is 5.43. The zero-order chi connectivity index (χ0) is 17.6. The number of amides is 1. The molecule has 0 saturated carbocycles. The molecule has 0 spiro atoms. The molecule has 0 fully saturated rings. The summed E-state index contributed by atoms with van der Waals surface area (Å²) in [6, 6.07) is 4.97. The molecule has 23 heavy (non-hydrogen) atoms. The van der Waals surface area contributed by atoms with E-state index >= 15 is 0 Å². The summed E-state index contributed by atoms with van der Waals surface area (Å²) in [6.07, 6.45) is -4.55. The summed E-state index contributed by atoms with van der Waals surface area (Å²) in [4.78, 5) is 23.0. The molecule has 0 heterocycles. The zero-order valence-corrected chi connectivity index (χ0v) is 12.7. The summed E-state index contributed by atoms with van der Waals surface area (Å²) in [6.45, 7) is 3.64. The van der Waals surface area contributed by atoms with Crippen LogP contribution in [0.2, 0.25) is 0 Å². The number of alkyl halides is 3. The topological polar surface area (TPSA) is 75.6 Å². The Morgan fingerprint density at radius 1 is 1.22 bits per heavy atom. The number of halogens is 3. The number of carboxylic acid groups (broad SMARTS) is 1. The van der Waals surface area contributed by atoms with Crippen molar-refractivity contribution < 1.29 is 32.6 Å². The molecule has 1 aromatic rings. The van der Waals surface area contributed by atoms with E-state index in [1.807, 2.05) is 13.8 Å². The van der Waals surface area contributed by atoms with Crippen LogP contribution in [0.1, 0.15) is 25.8 Å². The Morgan fingerprint density at radius 3 is 2.22 bits per heavy atom. The Hall–Kier alpha value is -2.25. The van der Waals surface area contributed by atoms with Gasteiger partial charge in [-0.15, -0.1) is 13.2 Å². The maximum atomic E-state index is 12.0. The molecule has 0 radical (unpaired) electrons. The molecular weight excluding hydrogens is 315 g/mol. The van der Waals surface area contributed by atoms with E-state index in [4.69, 9.17) is 5.11 Å². The van der Waals surface area contributed by atoms with Crippen LogP contribution in [0, 0.1) is 11.8 Å². The summed E-state index contributed by atoms with van der Waals surface area (Å²) in [5, 5.41) is 11.5. The van der Waals surface area contributed by atoms with Gasteiger partial charge in [-0.3, -0.25) is 9.59 Å². The van der Waals surface area contributed by atoms with Gasteiger partial charge in [-0.05, 0) is 30.0 Å². The van der Waals surface area contributed by atoms with E-state index in [1.165, 1.54) is 12.1 Å². The summed E-state index contributed by atoms with van der Waals surface area (Å²) in [7, 11) is 0. The molecule has 5 nitrogen and oxygen atoms in total. The third kappa shape index (κ3) is 7.03. The van der Waals surface area contributed by atoms with Crippen LogP contribution >= 0.6 is 0 Å². The van der Waals surface area contributed by atoms with Crippen LogP contribution in [0.25, 0.3) is 0 Å². The van der Waals surface area contributed by atoms with Gasteiger partial charge >= 0.3 is 12.3 Å². The smallest absolute Gasteiger partial charge is 0.481 e. The second-order valence-corrected chi connectivity index (χ2v) is 5.43. The predicted molar refractivity (Wildman–Crippen MR) is 75.6 cm³/mol. The van der Waals surface area contributed by atoms with Gasteiger partial charge < -0.3 is 15.2 Å². The van der Waals surface area contributed by atoms with Crippen LogP contribution in [0.4, 0.5) is 13.2 Å². The number of carbonyl (C=O) groups is 2. The van der Waals surface area contributed by atoms with Gasteiger partial charge in [0.15, 0.2) is 0 Å². The normalized spacial score (nSPS) is 12.8. The highest BCUT2D eigenvalue weighted by atomic mass is 19.4. The number of carbonyl (C=O) groups excluding carboxylic acids is 1. The quantitative estimate of drug-likeness (QED) is 0.752. The van der Waals surface area contributed by atoms with Crippen LogP contribution in [-0.2, 0) is 16.1 Å². The van der Waals surface area contributed by atoms with Crippen molar-refractivity contribution in [1.29, 1.82) is 0 Å². The van der Waals surface area contributed by atoms with Crippen molar-refractivity contribution in [2.75, 3.05) is 0 Å². The lowest BCUT2D eigenvalue weighted by Gasteiger charge is -2.15. The summed E-state index contributed by atoms with van der Waals surface area (Å²) in [5.74, 6) is -3.30. The minimum absolute atomic E-state index is 0.0208. The van der Waals surface area contributed by atoms with Gasteiger partial charge in [-0.1, -0.05) is 26.0 Å². The third-order valence-corrected chi connectivity index (χ3v) is 2.95. The van der Waals surface area contributed by atoms with Gasteiger partial charge in [-0.25, -0.2) is 0 Å². The largest absolute Gasteiger partial charge is 0.573 e. The van der Waals surface area contributed by atoms with Crippen LogP contribution in [0.15, 0.2) is 24.3 Å². The highest BCUT2D eigenvalue weighted by Gasteiger charge is 2.31. The van der Waals surface area contributed by atoms with E-state index in [0.29, 0.717) is 5.56 Å². The molecule has 1 aromatic carbocycles.